The van der Waals surface area contributed by atoms with E-state index in [-0.39, 0.29) is 28.6 Å². The third kappa shape index (κ3) is 5.13. The summed E-state index contributed by atoms with van der Waals surface area (Å²) in [5.41, 5.74) is 2.15. The third-order valence-corrected chi connectivity index (χ3v) is 7.87. The zero-order valence-electron chi connectivity index (χ0n) is 20.3. The molecule has 1 aliphatic rings. The second-order valence-electron chi connectivity index (χ2n) is 9.51. The first kappa shape index (κ1) is 24.7. The van der Waals surface area contributed by atoms with Crippen LogP contribution in [0.3, 0.4) is 0 Å². The number of carbonyl (C=O) groups is 1. The van der Waals surface area contributed by atoms with Crippen LogP contribution >= 0.6 is 0 Å². The Balaban J connectivity index is 1.62. The molecule has 0 radical (unpaired) electrons. The molecule has 1 saturated carbocycles. The van der Waals surface area contributed by atoms with E-state index in [9.17, 15) is 23.1 Å². The van der Waals surface area contributed by atoms with Gasteiger partial charge in [0, 0.05) is 18.5 Å². The van der Waals surface area contributed by atoms with Crippen LogP contribution in [0, 0.1) is 0 Å². The number of rotatable bonds is 7. The van der Waals surface area contributed by atoms with Crippen molar-refractivity contribution < 1.29 is 18.3 Å². The van der Waals surface area contributed by atoms with Crippen molar-refractivity contribution in [1.29, 1.82) is 0 Å². The van der Waals surface area contributed by atoms with E-state index in [1.165, 1.54) is 16.7 Å². The van der Waals surface area contributed by atoms with Gasteiger partial charge in [-0.05, 0) is 60.6 Å². The van der Waals surface area contributed by atoms with Gasteiger partial charge >= 0.3 is 0 Å². The van der Waals surface area contributed by atoms with Crippen LogP contribution in [0.5, 0.6) is 5.75 Å². The number of sulfone groups is 1. The Labute approximate surface area is 214 Å². The van der Waals surface area contributed by atoms with Crippen molar-refractivity contribution in [3.63, 3.8) is 0 Å². The maximum absolute atomic E-state index is 13.7. The standard InChI is InChI=1S/C28H27N3O5S/c1-37(35,36)22-12-10-19(11-13-22)17-31-23-15-20(14-18-6-3-2-4-7-18)16-29-25(23)26(32)24(28(31)34)27(33)30-21-8-5-9-21/h2-4,6-7,10-13,15-16,21,32H,5,8-9,14,17H2,1H3,(H,30,33). The van der Waals surface area contributed by atoms with E-state index in [1.54, 1.807) is 24.4 Å². The minimum Gasteiger partial charge on any atom is -0.505 e. The molecule has 8 nitrogen and oxygen atoms in total. The summed E-state index contributed by atoms with van der Waals surface area (Å²) in [4.78, 5) is 31.3. The van der Waals surface area contributed by atoms with Gasteiger partial charge in [-0.15, -0.1) is 0 Å². The fourth-order valence-corrected chi connectivity index (χ4v) is 5.10. The summed E-state index contributed by atoms with van der Waals surface area (Å²) in [6.45, 7) is 0.0693. The van der Waals surface area contributed by atoms with Crippen LogP contribution in [0.4, 0.5) is 0 Å². The maximum Gasteiger partial charge on any atom is 0.268 e. The molecule has 0 aliphatic heterocycles. The van der Waals surface area contributed by atoms with Crippen LogP contribution < -0.4 is 10.9 Å². The summed E-state index contributed by atoms with van der Waals surface area (Å²) in [5.74, 6) is -1.06. The fourth-order valence-electron chi connectivity index (χ4n) is 4.47. The van der Waals surface area contributed by atoms with Gasteiger partial charge in [0.15, 0.2) is 15.6 Å². The Morgan fingerprint density at radius 3 is 2.38 bits per heavy atom. The summed E-state index contributed by atoms with van der Waals surface area (Å²) in [5, 5.41) is 13.8. The number of fused-ring (bicyclic) bond motifs is 1. The van der Waals surface area contributed by atoms with Gasteiger partial charge in [0.05, 0.1) is 17.0 Å². The highest BCUT2D eigenvalue weighted by molar-refractivity contribution is 7.90. The summed E-state index contributed by atoms with van der Waals surface area (Å²) in [6.07, 6.45) is 6.02. The van der Waals surface area contributed by atoms with Gasteiger partial charge < -0.3 is 15.0 Å². The smallest absolute Gasteiger partial charge is 0.268 e. The topological polar surface area (TPSA) is 118 Å². The summed E-state index contributed by atoms with van der Waals surface area (Å²) >= 11 is 0. The zero-order valence-corrected chi connectivity index (χ0v) is 21.2. The van der Waals surface area contributed by atoms with Crippen LogP contribution in [0.1, 0.15) is 46.3 Å². The van der Waals surface area contributed by atoms with E-state index in [1.807, 2.05) is 30.3 Å². The Kier molecular flexibility index (Phi) is 6.55. The molecule has 4 aromatic rings. The van der Waals surface area contributed by atoms with Crippen molar-refractivity contribution in [2.75, 3.05) is 6.26 Å². The van der Waals surface area contributed by atoms with Crippen molar-refractivity contribution in [1.82, 2.24) is 14.9 Å². The molecule has 0 spiro atoms. The Bertz CT molecular complexity index is 1640. The minimum absolute atomic E-state index is 0.0137. The highest BCUT2D eigenvalue weighted by Gasteiger charge is 2.27. The maximum atomic E-state index is 13.7. The lowest BCUT2D eigenvalue weighted by Crippen LogP contribution is -2.42. The van der Waals surface area contributed by atoms with E-state index in [0.29, 0.717) is 17.5 Å². The number of hydrogen-bond acceptors (Lipinski definition) is 6. The predicted octanol–water partition coefficient (Wildman–Crippen LogP) is 3.43. The number of nitrogens with zero attached hydrogens (tertiary/aromatic N) is 2. The van der Waals surface area contributed by atoms with Gasteiger partial charge in [-0.25, -0.2) is 8.42 Å². The monoisotopic (exact) mass is 517 g/mol. The normalized spacial score (nSPS) is 13.9. The molecule has 1 aliphatic carbocycles. The first-order valence-electron chi connectivity index (χ1n) is 12.1. The first-order valence-corrected chi connectivity index (χ1v) is 14.0. The second kappa shape index (κ2) is 9.82. The first-order chi connectivity index (χ1) is 17.7. The second-order valence-corrected chi connectivity index (χ2v) is 11.5. The van der Waals surface area contributed by atoms with Gasteiger partial charge in [0.25, 0.3) is 11.5 Å². The van der Waals surface area contributed by atoms with Crippen LogP contribution in [-0.2, 0) is 22.8 Å². The lowest BCUT2D eigenvalue weighted by atomic mass is 9.93. The molecule has 37 heavy (non-hydrogen) atoms. The van der Waals surface area contributed by atoms with E-state index < -0.39 is 27.1 Å². The molecule has 190 valence electrons. The third-order valence-electron chi connectivity index (χ3n) is 6.75. The van der Waals surface area contributed by atoms with E-state index >= 15 is 0 Å². The molecular formula is C28H27N3O5S. The molecule has 0 atom stereocenters. The molecule has 1 fully saturated rings. The number of carbonyl (C=O) groups excluding carboxylic acids is 1. The van der Waals surface area contributed by atoms with Gasteiger partial charge in [-0.1, -0.05) is 42.5 Å². The van der Waals surface area contributed by atoms with Crippen molar-refractivity contribution in [3.8, 4) is 5.75 Å². The van der Waals surface area contributed by atoms with Crippen LogP contribution in [0.25, 0.3) is 11.0 Å². The number of amides is 1. The molecule has 0 saturated heterocycles. The summed E-state index contributed by atoms with van der Waals surface area (Å²) < 4.78 is 25.1. The fraction of sp³-hybridized carbons (Fsp3) is 0.250. The highest BCUT2D eigenvalue weighted by Crippen LogP contribution is 2.28. The van der Waals surface area contributed by atoms with Crippen molar-refractivity contribution in [2.45, 2.75) is 43.2 Å². The lowest BCUT2D eigenvalue weighted by Gasteiger charge is -2.26. The Hall–Kier alpha value is -3.98. The predicted molar refractivity (Wildman–Crippen MR) is 141 cm³/mol. The molecule has 2 N–H and O–H groups in total. The Morgan fingerprint density at radius 1 is 1.05 bits per heavy atom. The van der Waals surface area contributed by atoms with Crippen molar-refractivity contribution in [2.24, 2.45) is 0 Å². The van der Waals surface area contributed by atoms with Crippen LogP contribution in [0.15, 0.2) is 76.6 Å². The van der Waals surface area contributed by atoms with Gasteiger partial charge in [-0.3, -0.25) is 14.6 Å². The molecule has 0 bridgehead atoms. The molecule has 1 amide bonds. The number of pyridine rings is 2. The van der Waals surface area contributed by atoms with Crippen molar-refractivity contribution >= 4 is 26.8 Å². The lowest BCUT2D eigenvalue weighted by molar-refractivity contribution is 0.0912. The quantitative estimate of drug-likeness (QED) is 0.388. The molecule has 2 aromatic heterocycles. The molecule has 5 rings (SSSR count). The molecule has 9 heteroatoms. The number of aromatic nitrogens is 2. The van der Waals surface area contributed by atoms with E-state index in [0.717, 1.165) is 36.6 Å². The largest absolute Gasteiger partial charge is 0.505 e. The number of nitrogens with one attached hydrogen (secondary N) is 1. The number of aromatic hydroxyl groups is 1. The number of benzene rings is 2. The summed E-state index contributed by atoms with van der Waals surface area (Å²) in [7, 11) is -3.37. The zero-order chi connectivity index (χ0) is 26.2. The molecule has 0 unspecified atom stereocenters. The minimum atomic E-state index is -3.37. The summed E-state index contributed by atoms with van der Waals surface area (Å²) in [6, 6.07) is 17.8. The van der Waals surface area contributed by atoms with Gasteiger partial charge in [0.1, 0.15) is 11.1 Å². The Morgan fingerprint density at radius 2 is 1.76 bits per heavy atom. The average molecular weight is 518 g/mol. The number of hydrogen-bond donors (Lipinski definition) is 2. The highest BCUT2D eigenvalue weighted by atomic mass is 32.2. The molecule has 2 heterocycles. The van der Waals surface area contributed by atoms with E-state index in [4.69, 9.17) is 0 Å². The SMILES string of the molecule is CS(=O)(=O)c1ccc(Cn2c(=O)c(C(=O)NC3CCC3)c(O)c3ncc(Cc4ccccc4)cc32)cc1. The van der Waals surface area contributed by atoms with E-state index in [2.05, 4.69) is 10.3 Å². The van der Waals surface area contributed by atoms with Crippen LogP contribution in [0.2, 0.25) is 0 Å². The molecular weight excluding hydrogens is 490 g/mol. The molecule has 2 aromatic carbocycles. The van der Waals surface area contributed by atoms with Gasteiger partial charge in [-0.2, -0.15) is 0 Å². The van der Waals surface area contributed by atoms with Gasteiger partial charge in [0.2, 0.25) is 0 Å². The average Bonchev–Trinajstić information content (AvgIpc) is 2.84. The van der Waals surface area contributed by atoms with Crippen LogP contribution in [-0.4, -0.2) is 41.3 Å². The van der Waals surface area contributed by atoms with Crippen molar-refractivity contribution in [3.05, 3.63) is 99.5 Å².